The molecule has 0 bridgehead atoms. The number of carbonyl (C=O) groups is 1. The zero-order valence-corrected chi connectivity index (χ0v) is 10.4. The van der Waals surface area contributed by atoms with E-state index in [1.807, 2.05) is 0 Å². The third-order valence-corrected chi connectivity index (χ3v) is 2.73. The summed E-state index contributed by atoms with van der Waals surface area (Å²) < 4.78 is 113. The summed E-state index contributed by atoms with van der Waals surface area (Å²) in [5.41, 5.74) is -0.798. The van der Waals surface area contributed by atoms with E-state index in [1.165, 1.54) is 0 Å². The molecule has 0 unspecified atom stereocenters. The number of hydrogen-bond acceptors (Lipinski definition) is 4. The Morgan fingerprint density at radius 2 is 2.22 bits per heavy atom. The fraction of sp³-hybridized carbons (Fsp3) is 0.462. The summed E-state index contributed by atoms with van der Waals surface area (Å²) in [4.78, 5) is 11.7. The molecular weight excluding hydrogens is 296 g/mol. The average Bonchev–Trinajstić information content (AvgIpc) is 2.49. The van der Waals surface area contributed by atoms with Gasteiger partial charge in [-0.05, 0) is 41.1 Å². The molecule has 5 heteroatoms. The van der Waals surface area contributed by atoms with Crippen molar-refractivity contribution in [1.82, 2.24) is 4.90 Å². The summed E-state index contributed by atoms with van der Waals surface area (Å²) in [6.07, 6.45) is 0. The molecule has 0 atom stereocenters. The van der Waals surface area contributed by atoms with E-state index in [4.69, 9.17) is 19.2 Å². The number of methoxy groups -OCH3 is 1. The van der Waals surface area contributed by atoms with E-state index in [-0.39, 0.29) is 14.9 Å². The van der Waals surface area contributed by atoms with Gasteiger partial charge in [0.1, 0.15) is 0 Å². The van der Waals surface area contributed by atoms with Gasteiger partial charge in [0.25, 0.3) is 0 Å². The number of piperazine rings is 1. The van der Waals surface area contributed by atoms with Gasteiger partial charge in [0.05, 0.1) is 22.2 Å². The lowest BCUT2D eigenvalue weighted by atomic mass is 10.2. The molecule has 1 saturated heterocycles. The normalized spacial score (nSPS) is 40.8. The topological polar surface area (TPSA) is 32.8 Å². The molecule has 18 heavy (non-hydrogen) atoms. The van der Waals surface area contributed by atoms with Crippen LogP contribution < -0.4 is 4.90 Å². The SMILES string of the molecule is [2H]C([2H])([2H])OC(=O)c1ccc(N2C([2H])([2H])C([2H])([2H])N(C([2H])([2H])[2H])C([2H])([2H])C2([2H])[2H])cc1Br. The first-order valence-corrected chi connectivity index (χ1v) is 5.42. The number of anilines is 1. The van der Waals surface area contributed by atoms with Crippen molar-refractivity contribution in [3.05, 3.63) is 28.2 Å². The van der Waals surface area contributed by atoms with Gasteiger partial charge < -0.3 is 14.5 Å². The van der Waals surface area contributed by atoms with Crippen molar-refractivity contribution >= 4 is 27.6 Å². The summed E-state index contributed by atoms with van der Waals surface area (Å²) >= 11 is 2.95. The Hall–Kier alpha value is -1.07. The molecule has 1 aliphatic rings. The van der Waals surface area contributed by atoms with Gasteiger partial charge in [0.15, 0.2) is 0 Å². The van der Waals surface area contributed by atoms with Crippen molar-refractivity contribution in [2.75, 3.05) is 44.9 Å². The molecule has 1 aromatic carbocycles. The van der Waals surface area contributed by atoms with Crippen LogP contribution in [0.5, 0.6) is 0 Å². The summed E-state index contributed by atoms with van der Waals surface area (Å²) in [5, 5.41) is 0. The molecule has 0 N–H and O–H groups in total. The predicted octanol–water partition coefficient (Wildman–Crippen LogP) is 1.99. The van der Waals surface area contributed by atoms with Crippen LogP contribution in [0.2, 0.25) is 0 Å². The van der Waals surface area contributed by atoms with E-state index >= 15 is 0 Å². The van der Waals surface area contributed by atoms with Gasteiger partial charge in [-0.3, -0.25) is 0 Å². The second-order valence-electron chi connectivity index (χ2n) is 3.17. The van der Waals surface area contributed by atoms with Crippen molar-refractivity contribution < 1.29 is 28.7 Å². The van der Waals surface area contributed by atoms with E-state index in [1.54, 1.807) is 0 Å². The largest absolute Gasteiger partial charge is 0.465 e. The molecule has 1 aromatic rings. The van der Waals surface area contributed by atoms with Crippen LogP contribution >= 0.6 is 15.9 Å². The van der Waals surface area contributed by atoms with Gasteiger partial charge in [-0.1, -0.05) is 0 Å². The molecule has 0 aromatic heterocycles. The highest BCUT2D eigenvalue weighted by atomic mass is 79.9. The summed E-state index contributed by atoms with van der Waals surface area (Å²) in [7, 11) is -3.05. The number of ether oxygens (including phenoxy) is 1. The summed E-state index contributed by atoms with van der Waals surface area (Å²) in [6, 6.07) is 2.80. The Labute approximate surface area is 135 Å². The third kappa shape index (κ3) is 2.84. The number of hydrogen-bond donors (Lipinski definition) is 0. The zero-order valence-electron chi connectivity index (χ0n) is 22.8. The van der Waals surface area contributed by atoms with Crippen LogP contribution in [-0.4, -0.2) is 50.9 Å². The van der Waals surface area contributed by atoms with Crippen LogP contribution in [0.25, 0.3) is 0 Å². The minimum atomic E-state index is -3.56. The van der Waals surface area contributed by atoms with Crippen molar-refractivity contribution in [2.24, 2.45) is 0 Å². The quantitative estimate of drug-likeness (QED) is 0.778. The Morgan fingerprint density at radius 1 is 1.44 bits per heavy atom. The predicted molar refractivity (Wildman–Crippen MR) is 75.2 cm³/mol. The van der Waals surface area contributed by atoms with Crippen molar-refractivity contribution in [3.63, 3.8) is 0 Å². The highest BCUT2D eigenvalue weighted by Gasteiger charge is 2.16. The molecule has 1 fully saturated rings. The second-order valence-corrected chi connectivity index (χ2v) is 4.03. The molecule has 4 nitrogen and oxygen atoms in total. The minimum Gasteiger partial charge on any atom is -0.465 e. The number of esters is 1. The lowest BCUT2D eigenvalue weighted by molar-refractivity contribution is 0.0599. The van der Waals surface area contributed by atoms with Crippen LogP contribution in [0.3, 0.4) is 0 Å². The summed E-state index contributed by atoms with van der Waals surface area (Å²) in [6.45, 7) is -17.5. The molecule has 0 radical (unpaired) electrons. The minimum absolute atomic E-state index is 0.103. The van der Waals surface area contributed by atoms with Crippen LogP contribution in [-0.2, 0) is 4.74 Å². The molecule has 1 heterocycles. The van der Waals surface area contributed by atoms with E-state index in [0.717, 1.165) is 18.2 Å². The summed E-state index contributed by atoms with van der Waals surface area (Å²) in [5.74, 6) is -1.28. The number of rotatable bonds is 2. The molecular formula is C13H17BrN2O2. The van der Waals surface area contributed by atoms with E-state index in [0.29, 0.717) is 0 Å². The molecule has 0 amide bonds. The monoisotopic (exact) mass is 326 g/mol. The van der Waals surface area contributed by atoms with Gasteiger partial charge >= 0.3 is 5.97 Å². The van der Waals surface area contributed by atoms with Crippen LogP contribution in [0.1, 0.15) is 29.5 Å². The molecule has 0 spiro atoms. The maximum Gasteiger partial charge on any atom is 0.339 e. The zero-order chi connectivity index (χ0) is 25.3. The van der Waals surface area contributed by atoms with Gasteiger partial charge in [-0.2, -0.15) is 0 Å². The third-order valence-electron chi connectivity index (χ3n) is 2.07. The Balaban J connectivity index is 2.67. The Kier molecular flexibility index (Phi) is 1.34. The highest BCUT2D eigenvalue weighted by Crippen LogP contribution is 2.25. The standard InChI is InChI=1S/C13H17BrN2O2/c1-15-5-7-16(8-6-15)10-3-4-11(12(14)9-10)13(17)18-2/h3-4,9H,5-8H2,1-2H3/i1D3,2D3,5D2,6D2,7D2,8D2. The second kappa shape index (κ2) is 5.71. The van der Waals surface area contributed by atoms with E-state index in [2.05, 4.69) is 20.7 Å². The maximum atomic E-state index is 12.0. The van der Waals surface area contributed by atoms with E-state index in [9.17, 15) is 4.79 Å². The van der Waals surface area contributed by atoms with Gasteiger partial charge in [-0.25, -0.2) is 4.79 Å². The van der Waals surface area contributed by atoms with E-state index < -0.39 is 56.6 Å². The molecule has 1 aliphatic heterocycles. The van der Waals surface area contributed by atoms with Crippen LogP contribution in [0.15, 0.2) is 22.7 Å². The number of carbonyl (C=O) groups excluding carboxylic acids is 1. The number of halogens is 1. The Morgan fingerprint density at radius 3 is 2.83 bits per heavy atom. The average molecular weight is 327 g/mol. The van der Waals surface area contributed by atoms with Crippen LogP contribution in [0, 0.1) is 0 Å². The fourth-order valence-electron chi connectivity index (χ4n) is 1.25. The smallest absolute Gasteiger partial charge is 0.339 e. The van der Waals surface area contributed by atoms with Gasteiger partial charge in [-0.15, -0.1) is 0 Å². The van der Waals surface area contributed by atoms with Gasteiger partial charge in [0.2, 0.25) is 0 Å². The lowest BCUT2D eigenvalue weighted by Crippen LogP contribution is -2.44. The first-order chi connectivity index (χ1) is 14.0. The molecule has 0 aliphatic carbocycles. The van der Waals surface area contributed by atoms with Gasteiger partial charge in [0, 0.05) is 45.7 Å². The maximum absolute atomic E-state index is 12.0. The van der Waals surface area contributed by atoms with Crippen molar-refractivity contribution in [2.45, 2.75) is 0 Å². The Bertz CT molecular complexity index is 885. The highest BCUT2D eigenvalue weighted by molar-refractivity contribution is 9.10. The van der Waals surface area contributed by atoms with Crippen molar-refractivity contribution in [3.8, 4) is 0 Å². The molecule has 2 rings (SSSR count). The number of nitrogens with zero attached hydrogens (tertiary/aromatic N) is 2. The van der Waals surface area contributed by atoms with Crippen molar-refractivity contribution in [1.29, 1.82) is 0 Å². The lowest BCUT2D eigenvalue weighted by Gasteiger charge is -2.34. The molecule has 0 saturated carbocycles. The molecule has 98 valence electrons. The fourth-order valence-corrected chi connectivity index (χ4v) is 1.78. The van der Waals surface area contributed by atoms with Crippen LogP contribution in [0.4, 0.5) is 5.69 Å². The number of benzene rings is 1. The number of likely N-dealkylation sites (N-methyl/N-ethyl adjacent to an activating group) is 1. The first kappa shape index (κ1) is 4.21. The first-order valence-electron chi connectivity index (χ1n) is 11.6.